The molecule has 0 aliphatic carbocycles. The Balaban J connectivity index is 2.88. The van der Waals surface area contributed by atoms with Gasteiger partial charge in [-0.1, -0.05) is 0 Å². The third-order valence-electron chi connectivity index (χ3n) is 2.24. The Labute approximate surface area is 100 Å². The molecule has 0 saturated carbocycles. The van der Waals surface area contributed by atoms with Gasteiger partial charge < -0.3 is 18.9 Å². The lowest BCUT2D eigenvalue weighted by Crippen LogP contribution is -2.53. The van der Waals surface area contributed by atoms with Crippen LogP contribution in [-0.4, -0.2) is 44.2 Å². The van der Waals surface area contributed by atoms with E-state index in [2.05, 4.69) is 0 Å². The van der Waals surface area contributed by atoms with Crippen LogP contribution in [0.2, 0.25) is 0 Å². The summed E-state index contributed by atoms with van der Waals surface area (Å²) in [5.41, 5.74) is 0. The van der Waals surface area contributed by atoms with Crippen molar-refractivity contribution in [3.63, 3.8) is 0 Å². The van der Waals surface area contributed by atoms with Crippen molar-refractivity contribution in [3.8, 4) is 0 Å². The lowest BCUT2D eigenvalue weighted by atomic mass is 10.3. The number of hydrogen-bond acceptors (Lipinski definition) is 6. The van der Waals surface area contributed by atoms with Gasteiger partial charge in [-0.15, -0.1) is 0 Å². The zero-order chi connectivity index (χ0) is 12.7. The number of rotatable bonds is 4. The van der Waals surface area contributed by atoms with Crippen molar-refractivity contribution in [1.29, 1.82) is 0 Å². The molecule has 1 heterocycles. The number of carbonyl (C=O) groups excluding carboxylic acids is 2. The van der Waals surface area contributed by atoms with Crippen molar-refractivity contribution in [2.45, 2.75) is 32.5 Å². The van der Waals surface area contributed by atoms with Crippen molar-refractivity contribution in [1.82, 2.24) is 0 Å². The summed E-state index contributed by atoms with van der Waals surface area (Å²) in [4.78, 5) is 23.6. The molecular weight excluding hydrogens is 228 g/mol. The lowest BCUT2D eigenvalue weighted by molar-refractivity contribution is -0.247. The molecule has 1 rings (SSSR count). The minimum Gasteiger partial charge on any atom is -0.462 e. The predicted octanol–water partition coefficient (Wildman–Crippen LogP) is 0.636. The van der Waals surface area contributed by atoms with Gasteiger partial charge in [0, 0.05) is 0 Å². The highest BCUT2D eigenvalue weighted by atomic mass is 16.8. The Morgan fingerprint density at radius 3 is 1.76 bits per heavy atom. The van der Waals surface area contributed by atoms with Gasteiger partial charge >= 0.3 is 17.7 Å². The van der Waals surface area contributed by atoms with Crippen LogP contribution >= 0.6 is 0 Å². The zero-order valence-electron chi connectivity index (χ0n) is 10.2. The third-order valence-corrected chi connectivity index (χ3v) is 2.24. The Morgan fingerprint density at radius 2 is 1.41 bits per heavy atom. The molecule has 0 amide bonds. The second-order valence-electron chi connectivity index (χ2n) is 3.46. The van der Waals surface area contributed by atoms with Gasteiger partial charge in [0.1, 0.15) is 0 Å². The van der Waals surface area contributed by atoms with Crippen LogP contribution in [0.3, 0.4) is 0 Å². The smallest absolute Gasteiger partial charge is 0.379 e. The molecule has 0 atom stereocenters. The Morgan fingerprint density at radius 1 is 1.00 bits per heavy atom. The number of esters is 2. The molecule has 0 unspecified atom stereocenters. The predicted molar refractivity (Wildman–Crippen MR) is 57.1 cm³/mol. The van der Waals surface area contributed by atoms with Crippen molar-refractivity contribution in [2.75, 3.05) is 26.4 Å². The van der Waals surface area contributed by atoms with E-state index >= 15 is 0 Å². The maximum absolute atomic E-state index is 11.8. The first-order chi connectivity index (χ1) is 8.17. The molecule has 0 radical (unpaired) electrons. The summed E-state index contributed by atoms with van der Waals surface area (Å²) in [6.45, 7) is 4.11. The Hall–Kier alpha value is -1.14. The molecule has 1 saturated heterocycles. The minimum absolute atomic E-state index is 0.146. The molecule has 1 fully saturated rings. The summed E-state index contributed by atoms with van der Waals surface area (Å²) >= 11 is 0. The van der Waals surface area contributed by atoms with Crippen LogP contribution in [0.4, 0.5) is 0 Å². The van der Waals surface area contributed by atoms with Gasteiger partial charge in [0.05, 0.1) is 26.4 Å². The molecule has 0 N–H and O–H groups in total. The second-order valence-corrected chi connectivity index (χ2v) is 3.46. The summed E-state index contributed by atoms with van der Waals surface area (Å²) in [6.07, 6.45) is 1.45. The normalized spacial score (nSPS) is 19.2. The van der Waals surface area contributed by atoms with Gasteiger partial charge in [-0.2, -0.15) is 0 Å². The van der Waals surface area contributed by atoms with E-state index in [1.165, 1.54) is 0 Å². The monoisotopic (exact) mass is 246 g/mol. The van der Waals surface area contributed by atoms with E-state index in [1.807, 2.05) is 0 Å². The van der Waals surface area contributed by atoms with E-state index in [4.69, 9.17) is 18.9 Å². The largest absolute Gasteiger partial charge is 0.462 e. The first kappa shape index (κ1) is 13.9. The second kappa shape index (κ2) is 6.56. The van der Waals surface area contributed by atoms with Gasteiger partial charge in [0.2, 0.25) is 0 Å². The zero-order valence-corrected chi connectivity index (χ0v) is 10.2. The van der Waals surface area contributed by atoms with Crippen LogP contribution in [0.5, 0.6) is 0 Å². The first-order valence-corrected chi connectivity index (χ1v) is 5.79. The molecule has 0 aromatic heterocycles. The average molecular weight is 246 g/mol. The highest BCUT2D eigenvalue weighted by Crippen LogP contribution is 2.22. The van der Waals surface area contributed by atoms with Crippen LogP contribution in [0.15, 0.2) is 0 Å². The third kappa shape index (κ3) is 3.17. The fraction of sp³-hybridized carbons (Fsp3) is 0.818. The van der Waals surface area contributed by atoms with E-state index < -0.39 is 17.7 Å². The topological polar surface area (TPSA) is 71.1 Å². The number of carbonyl (C=O) groups is 2. The van der Waals surface area contributed by atoms with Crippen LogP contribution in [0.25, 0.3) is 0 Å². The molecule has 1 aliphatic heterocycles. The molecule has 98 valence electrons. The van der Waals surface area contributed by atoms with E-state index in [1.54, 1.807) is 13.8 Å². The Kier molecular flexibility index (Phi) is 5.37. The van der Waals surface area contributed by atoms with Crippen LogP contribution in [0, 0.1) is 0 Å². The summed E-state index contributed by atoms with van der Waals surface area (Å²) in [5, 5.41) is 0. The van der Waals surface area contributed by atoms with Gasteiger partial charge in [0.15, 0.2) is 0 Å². The molecule has 6 heteroatoms. The van der Waals surface area contributed by atoms with Gasteiger partial charge in [-0.25, -0.2) is 9.59 Å². The van der Waals surface area contributed by atoms with Crippen LogP contribution in [-0.2, 0) is 28.5 Å². The van der Waals surface area contributed by atoms with Gasteiger partial charge in [-0.05, 0) is 26.7 Å². The average Bonchev–Trinajstić information content (AvgIpc) is 2.56. The summed E-state index contributed by atoms with van der Waals surface area (Å²) in [6, 6.07) is 0. The van der Waals surface area contributed by atoms with Crippen molar-refractivity contribution in [3.05, 3.63) is 0 Å². The molecule has 0 bridgehead atoms. The van der Waals surface area contributed by atoms with Crippen molar-refractivity contribution >= 4 is 11.9 Å². The number of hydrogen-bond donors (Lipinski definition) is 0. The molecule has 17 heavy (non-hydrogen) atoms. The molecule has 0 aromatic carbocycles. The maximum atomic E-state index is 11.8. The van der Waals surface area contributed by atoms with E-state index in [-0.39, 0.29) is 26.4 Å². The fourth-order valence-corrected chi connectivity index (χ4v) is 1.45. The maximum Gasteiger partial charge on any atom is 0.379 e. The van der Waals surface area contributed by atoms with E-state index in [0.29, 0.717) is 0 Å². The Bertz CT molecular complexity index is 247. The molecule has 0 spiro atoms. The van der Waals surface area contributed by atoms with Gasteiger partial charge in [-0.3, -0.25) is 0 Å². The fourth-order valence-electron chi connectivity index (χ4n) is 1.45. The highest BCUT2D eigenvalue weighted by molar-refractivity contribution is 6.01. The summed E-state index contributed by atoms with van der Waals surface area (Å²) in [5.74, 6) is -3.73. The SMILES string of the molecule is CCOC(=O)C1(C(=O)OCC)OCCCCO1. The highest BCUT2D eigenvalue weighted by Gasteiger charge is 2.53. The molecule has 6 nitrogen and oxygen atoms in total. The van der Waals surface area contributed by atoms with Crippen molar-refractivity contribution in [2.24, 2.45) is 0 Å². The quantitative estimate of drug-likeness (QED) is 0.535. The molecule has 1 aliphatic rings. The van der Waals surface area contributed by atoms with Crippen LogP contribution < -0.4 is 0 Å². The summed E-state index contributed by atoms with van der Waals surface area (Å²) < 4.78 is 20.1. The van der Waals surface area contributed by atoms with Gasteiger partial charge in [0.25, 0.3) is 0 Å². The van der Waals surface area contributed by atoms with Crippen molar-refractivity contribution < 1.29 is 28.5 Å². The lowest BCUT2D eigenvalue weighted by Gasteiger charge is -2.26. The first-order valence-electron chi connectivity index (χ1n) is 5.79. The standard InChI is InChI=1S/C11H18O6/c1-3-14-9(12)11(10(13)15-4-2)16-7-5-6-8-17-11/h3-8H2,1-2H3. The molecule has 0 aromatic rings. The summed E-state index contributed by atoms with van der Waals surface area (Å²) in [7, 11) is 0. The number of ether oxygens (including phenoxy) is 4. The minimum atomic E-state index is -2.04. The van der Waals surface area contributed by atoms with Crippen LogP contribution in [0.1, 0.15) is 26.7 Å². The van der Waals surface area contributed by atoms with E-state index in [0.717, 1.165) is 12.8 Å². The van der Waals surface area contributed by atoms with E-state index in [9.17, 15) is 9.59 Å². The molecular formula is C11H18O6.